The molecule has 0 aliphatic carbocycles. The molecule has 0 fully saturated rings. The van der Waals surface area contributed by atoms with Crippen LogP contribution in [0.3, 0.4) is 0 Å². The summed E-state index contributed by atoms with van der Waals surface area (Å²) in [6.07, 6.45) is 0.110. The molecule has 1 amide bonds. The summed E-state index contributed by atoms with van der Waals surface area (Å²) >= 11 is 0. The summed E-state index contributed by atoms with van der Waals surface area (Å²) in [4.78, 5) is 24.1. The summed E-state index contributed by atoms with van der Waals surface area (Å²) < 4.78 is 22.8. The van der Waals surface area contributed by atoms with Crippen molar-refractivity contribution in [2.45, 2.75) is 26.2 Å². The quantitative estimate of drug-likeness (QED) is 0.818. The van der Waals surface area contributed by atoms with Crippen molar-refractivity contribution in [3.8, 4) is 0 Å². The lowest BCUT2D eigenvalue weighted by Crippen LogP contribution is -2.33. The smallest absolute Gasteiger partial charge is 0.314 e. The zero-order valence-electron chi connectivity index (χ0n) is 13.8. The molecule has 0 bridgehead atoms. The fraction of sp³-hybridized carbons (Fsp3) is 0.353. The predicted octanol–water partition coefficient (Wildman–Crippen LogP) is 2.05. The molecule has 0 spiro atoms. The molecule has 0 saturated carbocycles. The molecule has 2 aromatic rings. The van der Waals surface area contributed by atoms with E-state index in [4.69, 9.17) is 9.26 Å². The van der Waals surface area contributed by atoms with Crippen LogP contribution in [-0.2, 0) is 20.7 Å². The van der Waals surface area contributed by atoms with Gasteiger partial charge in [0.2, 0.25) is 5.91 Å². The number of halogens is 1. The van der Waals surface area contributed by atoms with E-state index in [1.807, 2.05) is 0 Å². The summed E-state index contributed by atoms with van der Waals surface area (Å²) in [5.74, 6) is -1.28. The van der Waals surface area contributed by atoms with E-state index >= 15 is 0 Å². The number of methoxy groups -OCH3 is 1. The second-order valence-electron chi connectivity index (χ2n) is 5.41. The van der Waals surface area contributed by atoms with Gasteiger partial charge in [0.1, 0.15) is 11.6 Å². The number of carbonyl (C=O) groups is 2. The lowest BCUT2D eigenvalue weighted by molar-refractivity contribution is -0.142. The minimum Gasteiger partial charge on any atom is -0.468 e. The zero-order valence-corrected chi connectivity index (χ0v) is 13.8. The van der Waals surface area contributed by atoms with Crippen molar-refractivity contribution < 1.29 is 23.2 Å². The summed E-state index contributed by atoms with van der Waals surface area (Å²) in [6, 6.07) is 5.52. The van der Waals surface area contributed by atoms with E-state index in [1.54, 1.807) is 13.8 Å². The minimum atomic E-state index is -0.704. The van der Waals surface area contributed by atoms with Gasteiger partial charge < -0.3 is 14.6 Å². The standard InChI is InChI=1S/C17H19FN2O4/c1-10-14(11(2)24-20-10)8-16(21)19-9-15(17(22)23-3)12-4-6-13(18)7-5-12/h4-7,15H,8-9H2,1-3H3,(H,19,21). The van der Waals surface area contributed by atoms with Gasteiger partial charge in [-0.3, -0.25) is 9.59 Å². The molecule has 1 atom stereocenters. The van der Waals surface area contributed by atoms with Gasteiger partial charge in [0, 0.05) is 12.1 Å². The maximum atomic E-state index is 13.0. The monoisotopic (exact) mass is 334 g/mol. The van der Waals surface area contributed by atoms with Crippen LogP contribution in [0, 0.1) is 19.7 Å². The van der Waals surface area contributed by atoms with E-state index in [9.17, 15) is 14.0 Å². The van der Waals surface area contributed by atoms with Gasteiger partial charge in [-0.15, -0.1) is 0 Å². The number of carbonyl (C=O) groups excluding carboxylic acids is 2. The first-order valence-electron chi connectivity index (χ1n) is 7.44. The molecule has 7 heteroatoms. The average molecular weight is 334 g/mol. The summed E-state index contributed by atoms with van der Waals surface area (Å²) in [5, 5.41) is 6.50. The van der Waals surface area contributed by atoms with Crippen molar-refractivity contribution in [2.24, 2.45) is 0 Å². The number of rotatable bonds is 6. The van der Waals surface area contributed by atoms with Gasteiger partial charge in [-0.05, 0) is 31.5 Å². The molecular formula is C17H19FN2O4. The van der Waals surface area contributed by atoms with Crippen molar-refractivity contribution in [1.29, 1.82) is 0 Å². The lowest BCUT2D eigenvalue weighted by atomic mass is 9.99. The van der Waals surface area contributed by atoms with E-state index in [1.165, 1.54) is 31.4 Å². The topological polar surface area (TPSA) is 81.4 Å². The average Bonchev–Trinajstić information content (AvgIpc) is 2.88. The highest BCUT2D eigenvalue weighted by molar-refractivity contribution is 5.82. The molecule has 0 aliphatic heterocycles. The number of esters is 1. The molecule has 2 rings (SSSR count). The van der Waals surface area contributed by atoms with Crippen molar-refractivity contribution >= 4 is 11.9 Å². The van der Waals surface area contributed by atoms with Crippen molar-refractivity contribution in [1.82, 2.24) is 10.5 Å². The summed E-state index contributed by atoms with van der Waals surface area (Å²) in [6.45, 7) is 3.55. The number of hydrogen-bond donors (Lipinski definition) is 1. The van der Waals surface area contributed by atoms with E-state index in [0.717, 1.165) is 5.56 Å². The maximum absolute atomic E-state index is 13.0. The Morgan fingerprint density at radius 3 is 2.50 bits per heavy atom. The van der Waals surface area contributed by atoms with Crippen LogP contribution in [0.1, 0.15) is 28.5 Å². The second-order valence-corrected chi connectivity index (χ2v) is 5.41. The van der Waals surface area contributed by atoms with Crippen LogP contribution in [0.4, 0.5) is 4.39 Å². The summed E-state index contributed by atoms with van der Waals surface area (Å²) in [7, 11) is 1.27. The number of hydrogen-bond acceptors (Lipinski definition) is 5. The Kier molecular flexibility index (Phi) is 5.68. The number of benzene rings is 1. The molecule has 128 valence electrons. The van der Waals surface area contributed by atoms with Gasteiger partial charge in [0.15, 0.2) is 0 Å². The van der Waals surface area contributed by atoms with Crippen LogP contribution in [0.5, 0.6) is 0 Å². The molecular weight excluding hydrogens is 315 g/mol. The highest BCUT2D eigenvalue weighted by atomic mass is 19.1. The van der Waals surface area contributed by atoms with Gasteiger partial charge in [0.25, 0.3) is 0 Å². The first-order valence-corrected chi connectivity index (χ1v) is 7.44. The molecule has 24 heavy (non-hydrogen) atoms. The highest BCUT2D eigenvalue weighted by Crippen LogP contribution is 2.18. The Hall–Kier alpha value is -2.70. The largest absolute Gasteiger partial charge is 0.468 e. The lowest BCUT2D eigenvalue weighted by Gasteiger charge is -2.16. The third-order valence-electron chi connectivity index (χ3n) is 3.78. The molecule has 0 saturated heterocycles. The third-order valence-corrected chi connectivity index (χ3v) is 3.78. The summed E-state index contributed by atoms with van der Waals surface area (Å²) in [5.41, 5.74) is 1.95. The second kappa shape index (κ2) is 7.72. The number of aryl methyl sites for hydroxylation is 2. The Bertz CT molecular complexity index is 705. The van der Waals surface area contributed by atoms with Gasteiger partial charge in [-0.1, -0.05) is 17.3 Å². The normalized spacial score (nSPS) is 11.8. The number of aromatic nitrogens is 1. The molecule has 1 heterocycles. The van der Waals surface area contributed by atoms with E-state index in [-0.39, 0.29) is 18.9 Å². The molecule has 6 nitrogen and oxygen atoms in total. The highest BCUT2D eigenvalue weighted by Gasteiger charge is 2.23. The first kappa shape index (κ1) is 17.7. The molecule has 1 N–H and O–H groups in total. The Balaban J connectivity index is 2.03. The predicted molar refractivity (Wildman–Crippen MR) is 83.8 cm³/mol. The first-order chi connectivity index (χ1) is 11.4. The fourth-order valence-electron chi connectivity index (χ4n) is 2.37. The molecule has 1 aromatic heterocycles. The fourth-order valence-corrected chi connectivity index (χ4v) is 2.37. The van der Waals surface area contributed by atoms with Gasteiger partial charge in [0.05, 0.1) is 25.1 Å². The van der Waals surface area contributed by atoms with Crippen LogP contribution >= 0.6 is 0 Å². The Labute approximate surface area is 139 Å². The van der Waals surface area contributed by atoms with Gasteiger partial charge >= 0.3 is 5.97 Å². The number of amides is 1. The maximum Gasteiger partial charge on any atom is 0.314 e. The van der Waals surface area contributed by atoms with Crippen molar-refractivity contribution in [3.63, 3.8) is 0 Å². The van der Waals surface area contributed by atoms with Crippen LogP contribution in [0.25, 0.3) is 0 Å². The zero-order chi connectivity index (χ0) is 17.7. The molecule has 1 aromatic carbocycles. The molecule has 1 unspecified atom stereocenters. The van der Waals surface area contributed by atoms with Crippen molar-refractivity contribution in [2.75, 3.05) is 13.7 Å². The van der Waals surface area contributed by atoms with E-state index in [0.29, 0.717) is 17.0 Å². The van der Waals surface area contributed by atoms with E-state index < -0.39 is 17.7 Å². The van der Waals surface area contributed by atoms with Crippen LogP contribution in [0.2, 0.25) is 0 Å². The molecule has 0 radical (unpaired) electrons. The van der Waals surface area contributed by atoms with Gasteiger partial charge in [-0.2, -0.15) is 0 Å². The van der Waals surface area contributed by atoms with Crippen LogP contribution in [-0.4, -0.2) is 30.7 Å². The minimum absolute atomic E-state index is 0.0561. The Morgan fingerprint density at radius 1 is 1.29 bits per heavy atom. The number of ether oxygens (including phenoxy) is 1. The Morgan fingerprint density at radius 2 is 1.96 bits per heavy atom. The number of nitrogens with zero attached hydrogens (tertiary/aromatic N) is 1. The van der Waals surface area contributed by atoms with E-state index in [2.05, 4.69) is 10.5 Å². The van der Waals surface area contributed by atoms with Crippen LogP contribution < -0.4 is 5.32 Å². The third kappa shape index (κ3) is 4.18. The SMILES string of the molecule is COC(=O)C(CNC(=O)Cc1c(C)noc1C)c1ccc(F)cc1. The molecule has 0 aliphatic rings. The number of nitrogens with one attached hydrogen (secondary N) is 1. The van der Waals surface area contributed by atoms with Gasteiger partial charge in [-0.25, -0.2) is 4.39 Å². The van der Waals surface area contributed by atoms with Crippen LogP contribution in [0.15, 0.2) is 28.8 Å². The van der Waals surface area contributed by atoms with Crippen molar-refractivity contribution in [3.05, 3.63) is 52.7 Å².